The third kappa shape index (κ3) is 8.30. The standard InChI is InChI=1S/C24H28N4O3.C19H20N4O/c1-3-6-21(30)24(31)28-13-11-27(12-14-28)23-17-10-9-16(2)15-19(17)25-22(26-23)18-7-4-5-8-20(18)29;1-13-6-7-14-16(12-13)21-18(15-4-2-3-5-17(15)24)22-19(14)23-10-8-20-9-11-23/h4-5,7-10,15,21,29-30H,3,6,11-14H2,1-2H3;2-7,12,20,24H,8-11H2,1H3. The first-order valence-corrected chi connectivity index (χ1v) is 19.0. The molecule has 2 aromatic heterocycles. The lowest BCUT2D eigenvalue weighted by Gasteiger charge is -2.36. The van der Waals surface area contributed by atoms with E-state index >= 15 is 0 Å². The number of aliphatic hydroxyl groups excluding tert-OH is 1. The van der Waals surface area contributed by atoms with E-state index in [0.29, 0.717) is 55.4 Å². The van der Waals surface area contributed by atoms with Gasteiger partial charge in [-0.2, -0.15) is 0 Å². The molecule has 4 aromatic carbocycles. The van der Waals surface area contributed by atoms with Crippen LogP contribution in [0.5, 0.6) is 11.5 Å². The van der Waals surface area contributed by atoms with Gasteiger partial charge in [-0.15, -0.1) is 0 Å². The average molecular weight is 741 g/mol. The van der Waals surface area contributed by atoms with Crippen LogP contribution < -0.4 is 15.1 Å². The number of amides is 1. The van der Waals surface area contributed by atoms with Gasteiger partial charge in [0.05, 0.1) is 22.2 Å². The number of aromatic hydroxyl groups is 2. The quantitative estimate of drug-likeness (QED) is 0.156. The van der Waals surface area contributed by atoms with Crippen LogP contribution in [0, 0.1) is 13.8 Å². The maximum absolute atomic E-state index is 12.5. The van der Waals surface area contributed by atoms with Crippen molar-refractivity contribution < 1.29 is 20.1 Å². The van der Waals surface area contributed by atoms with Gasteiger partial charge in [-0.25, -0.2) is 19.9 Å². The number of aromatic nitrogens is 4. The number of fused-ring (bicyclic) bond motifs is 2. The Morgan fingerprint density at radius 1 is 0.673 bits per heavy atom. The zero-order valence-electron chi connectivity index (χ0n) is 31.6. The Bertz CT molecular complexity index is 2300. The molecular formula is C43H48N8O4. The van der Waals surface area contributed by atoms with Gasteiger partial charge in [-0.1, -0.05) is 49.7 Å². The summed E-state index contributed by atoms with van der Waals surface area (Å²) in [6.45, 7) is 12.1. The molecule has 8 rings (SSSR count). The molecule has 2 aliphatic rings. The van der Waals surface area contributed by atoms with Gasteiger partial charge in [0.25, 0.3) is 5.91 Å². The molecule has 284 valence electrons. The second-order valence-corrected chi connectivity index (χ2v) is 14.2. The van der Waals surface area contributed by atoms with E-state index in [1.54, 1.807) is 29.2 Å². The molecule has 12 heteroatoms. The number of phenols is 2. The summed E-state index contributed by atoms with van der Waals surface area (Å²) < 4.78 is 0. The van der Waals surface area contributed by atoms with Gasteiger partial charge in [-0.3, -0.25) is 4.79 Å². The highest BCUT2D eigenvalue weighted by Crippen LogP contribution is 2.34. The summed E-state index contributed by atoms with van der Waals surface area (Å²) in [6.07, 6.45) is 0.333. The highest BCUT2D eigenvalue weighted by Gasteiger charge is 2.27. The largest absolute Gasteiger partial charge is 0.507 e. The number of rotatable bonds is 7. The number of hydrogen-bond acceptors (Lipinski definition) is 11. The molecule has 1 atom stereocenters. The summed E-state index contributed by atoms with van der Waals surface area (Å²) in [4.78, 5) is 37.7. The van der Waals surface area contributed by atoms with Crippen molar-refractivity contribution in [2.24, 2.45) is 0 Å². The van der Waals surface area contributed by atoms with E-state index in [-0.39, 0.29) is 17.4 Å². The van der Waals surface area contributed by atoms with E-state index in [2.05, 4.69) is 40.2 Å². The Kier molecular flexibility index (Phi) is 11.4. The van der Waals surface area contributed by atoms with Crippen LogP contribution >= 0.6 is 0 Å². The molecular weight excluding hydrogens is 693 g/mol. The van der Waals surface area contributed by atoms with Crippen molar-refractivity contribution in [1.82, 2.24) is 30.2 Å². The van der Waals surface area contributed by atoms with Crippen LogP contribution in [0.4, 0.5) is 11.6 Å². The Morgan fingerprint density at radius 3 is 1.62 bits per heavy atom. The fourth-order valence-corrected chi connectivity index (χ4v) is 7.12. The number of nitrogens with zero attached hydrogens (tertiary/aromatic N) is 7. The molecule has 0 spiro atoms. The Hall–Kier alpha value is -5.85. The number of hydrogen-bond donors (Lipinski definition) is 4. The third-order valence-corrected chi connectivity index (χ3v) is 10.1. The van der Waals surface area contributed by atoms with E-state index in [0.717, 1.165) is 77.2 Å². The second-order valence-electron chi connectivity index (χ2n) is 14.2. The molecule has 0 radical (unpaired) electrons. The smallest absolute Gasteiger partial charge is 0.251 e. The minimum absolute atomic E-state index is 0.140. The van der Waals surface area contributed by atoms with Crippen LogP contribution in [-0.2, 0) is 4.79 Å². The predicted molar refractivity (Wildman–Crippen MR) is 218 cm³/mol. The highest BCUT2D eigenvalue weighted by atomic mass is 16.3. The van der Waals surface area contributed by atoms with E-state index in [1.165, 1.54) is 0 Å². The summed E-state index contributed by atoms with van der Waals surface area (Å²) in [5.74, 6) is 2.93. The minimum Gasteiger partial charge on any atom is -0.507 e. The van der Waals surface area contributed by atoms with Crippen molar-refractivity contribution in [2.45, 2.75) is 39.7 Å². The predicted octanol–water partition coefficient (Wildman–Crippen LogP) is 5.84. The van der Waals surface area contributed by atoms with Crippen LogP contribution in [0.15, 0.2) is 84.9 Å². The molecule has 0 aliphatic carbocycles. The Balaban J connectivity index is 0.000000174. The number of anilines is 2. The molecule has 1 unspecified atom stereocenters. The van der Waals surface area contributed by atoms with Crippen LogP contribution in [0.2, 0.25) is 0 Å². The normalized spacial score (nSPS) is 15.2. The molecule has 2 aliphatic heterocycles. The number of para-hydroxylation sites is 2. The first kappa shape index (κ1) is 37.5. The number of piperazine rings is 2. The molecule has 0 saturated carbocycles. The molecule has 4 N–H and O–H groups in total. The number of carbonyl (C=O) groups excluding carboxylic acids is 1. The van der Waals surface area contributed by atoms with Crippen molar-refractivity contribution in [3.8, 4) is 34.3 Å². The van der Waals surface area contributed by atoms with E-state index in [1.807, 2.05) is 56.3 Å². The van der Waals surface area contributed by atoms with Crippen LogP contribution in [0.25, 0.3) is 44.6 Å². The van der Waals surface area contributed by atoms with Crippen molar-refractivity contribution in [3.05, 3.63) is 96.1 Å². The van der Waals surface area contributed by atoms with Gasteiger partial charge in [0, 0.05) is 63.1 Å². The molecule has 6 aromatic rings. The van der Waals surface area contributed by atoms with Crippen molar-refractivity contribution in [1.29, 1.82) is 0 Å². The molecule has 1 amide bonds. The molecule has 2 fully saturated rings. The van der Waals surface area contributed by atoms with Crippen LogP contribution in [0.3, 0.4) is 0 Å². The maximum atomic E-state index is 12.5. The molecule has 4 heterocycles. The molecule has 55 heavy (non-hydrogen) atoms. The summed E-state index contributed by atoms with van der Waals surface area (Å²) >= 11 is 0. The third-order valence-electron chi connectivity index (χ3n) is 10.1. The van der Waals surface area contributed by atoms with Gasteiger partial charge in [0.1, 0.15) is 29.2 Å². The van der Waals surface area contributed by atoms with Gasteiger partial charge in [0.15, 0.2) is 11.6 Å². The summed E-state index contributed by atoms with van der Waals surface area (Å²) in [7, 11) is 0. The zero-order chi connectivity index (χ0) is 38.5. The summed E-state index contributed by atoms with van der Waals surface area (Å²) in [6, 6.07) is 26.6. The SMILES string of the molecule is CCCC(O)C(=O)N1CCN(c2nc(-c3ccccc3O)nc3cc(C)ccc23)CC1.Cc1ccc2c(N3CCNCC3)nc(-c3ccccc3O)nc2c1. The summed E-state index contributed by atoms with van der Waals surface area (Å²) in [5, 5.41) is 35.9. The lowest BCUT2D eigenvalue weighted by atomic mass is 10.1. The van der Waals surface area contributed by atoms with Gasteiger partial charge in [-0.05, 0) is 79.9 Å². The number of benzene rings is 4. The monoisotopic (exact) mass is 740 g/mol. The first-order valence-electron chi connectivity index (χ1n) is 19.0. The highest BCUT2D eigenvalue weighted by molar-refractivity contribution is 5.93. The fourth-order valence-electron chi connectivity index (χ4n) is 7.12. The molecule has 12 nitrogen and oxygen atoms in total. The van der Waals surface area contributed by atoms with Gasteiger partial charge >= 0.3 is 0 Å². The second kappa shape index (κ2) is 16.7. The van der Waals surface area contributed by atoms with Crippen LogP contribution in [0.1, 0.15) is 30.9 Å². The topological polar surface area (TPSA) is 151 Å². The van der Waals surface area contributed by atoms with Gasteiger partial charge < -0.3 is 35.3 Å². The lowest BCUT2D eigenvalue weighted by Crippen LogP contribution is -2.51. The number of carbonyl (C=O) groups is 1. The van der Waals surface area contributed by atoms with E-state index in [4.69, 9.17) is 19.9 Å². The van der Waals surface area contributed by atoms with Crippen molar-refractivity contribution in [2.75, 3.05) is 62.2 Å². The van der Waals surface area contributed by atoms with Crippen molar-refractivity contribution >= 4 is 39.3 Å². The average Bonchev–Trinajstić information content (AvgIpc) is 3.20. The van der Waals surface area contributed by atoms with Crippen LogP contribution in [-0.4, -0.2) is 105 Å². The minimum atomic E-state index is -0.924. The number of aliphatic hydroxyl groups is 1. The number of phenolic OH excluding ortho intramolecular Hbond substituents is 2. The number of nitrogens with one attached hydrogen (secondary N) is 1. The van der Waals surface area contributed by atoms with E-state index in [9.17, 15) is 20.1 Å². The van der Waals surface area contributed by atoms with E-state index < -0.39 is 6.10 Å². The first-order chi connectivity index (χ1) is 26.7. The Morgan fingerprint density at radius 2 is 1.15 bits per heavy atom. The molecule has 2 saturated heterocycles. The molecule has 0 bridgehead atoms. The fraction of sp³-hybridized carbons (Fsp3) is 0.326. The maximum Gasteiger partial charge on any atom is 0.251 e. The Labute approximate surface area is 321 Å². The number of aryl methyl sites for hydroxylation is 2. The zero-order valence-corrected chi connectivity index (χ0v) is 31.6. The van der Waals surface area contributed by atoms with Crippen molar-refractivity contribution in [3.63, 3.8) is 0 Å². The summed E-state index contributed by atoms with van der Waals surface area (Å²) in [5.41, 5.74) is 5.24. The lowest BCUT2D eigenvalue weighted by molar-refractivity contribution is -0.140. The van der Waals surface area contributed by atoms with Gasteiger partial charge in [0.2, 0.25) is 0 Å².